The van der Waals surface area contributed by atoms with Crippen LogP contribution in [0.1, 0.15) is 11.1 Å². The van der Waals surface area contributed by atoms with Gasteiger partial charge in [-0.1, -0.05) is 0 Å². The summed E-state index contributed by atoms with van der Waals surface area (Å²) >= 11 is 0. The zero-order valence-electron chi connectivity index (χ0n) is 13.8. The minimum absolute atomic E-state index is 0.150. The fourth-order valence-corrected chi connectivity index (χ4v) is 3.28. The number of esters is 1. The van der Waals surface area contributed by atoms with E-state index in [1.165, 1.54) is 7.11 Å². The lowest BCUT2D eigenvalue weighted by atomic mass is 10.1. The van der Waals surface area contributed by atoms with Crippen molar-refractivity contribution in [3.63, 3.8) is 0 Å². The van der Waals surface area contributed by atoms with E-state index in [4.69, 9.17) is 4.74 Å². The van der Waals surface area contributed by atoms with Crippen LogP contribution >= 0.6 is 0 Å². The molecule has 1 aromatic rings. The molecule has 0 saturated carbocycles. The van der Waals surface area contributed by atoms with Crippen molar-refractivity contribution < 1.29 is 18.5 Å². The number of nitrogens with zero attached hydrogens (tertiary/aromatic N) is 1. The predicted molar refractivity (Wildman–Crippen MR) is 86.4 cm³/mol. The van der Waals surface area contributed by atoms with Crippen molar-refractivity contribution in [1.82, 2.24) is 9.62 Å². The number of methoxy groups -OCH3 is 2. The van der Waals surface area contributed by atoms with Crippen molar-refractivity contribution >= 4 is 17.0 Å². The third-order valence-corrected chi connectivity index (χ3v) is 4.97. The number of carbonyl (C=O) groups excluding carboxylic acids is 1. The molecule has 1 rings (SSSR count). The molecule has 0 bridgehead atoms. The lowest BCUT2D eigenvalue weighted by molar-refractivity contribution is -0.139. The van der Waals surface area contributed by atoms with Crippen LogP contribution in [0.25, 0.3) is 0 Å². The third-order valence-electron chi connectivity index (χ3n) is 3.23. The number of carbonyl (C=O) groups is 1. The second-order valence-corrected chi connectivity index (χ2v) is 6.47. The molecule has 22 heavy (non-hydrogen) atoms. The lowest BCUT2D eigenvalue weighted by Gasteiger charge is -2.19. The van der Waals surface area contributed by atoms with E-state index >= 15 is 0 Å². The fourth-order valence-electron chi connectivity index (χ4n) is 2.04. The quantitative estimate of drug-likeness (QED) is 0.570. The predicted octanol–water partition coefficient (Wildman–Crippen LogP) is 1.03. The first-order valence-electron chi connectivity index (χ1n) is 6.96. The molecule has 1 atom stereocenters. The first-order valence-corrected chi connectivity index (χ1v) is 8.07. The molecule has 0 saturated heterocycles. The zero-order chi connectivity index (χ0) is 16.7. The summed E-state index contributed by atoms with van der Waals surface area (Å²) in [5.41, 5.74) is 1.87. The van der Waals surface area contributed by atoms with Crippen molar-refractivity contribution in [3.05, 3.63) is 23.3 Å². The van der Waals surface area contributed by atoms with Crippen molar-refractivity contribution in [2.45, 2.75) is 18.7 Å². The van der Waals surface area contributed by atoms with Gasteiger partial charge in [-0.2, -0.15) is 0 Å². The van der Waals surface area contributed by atoms with Crippen molar-refractivity contribution in [2.24, 2.45) is 0 Å². The molecule has 0 aromatic heterocycles. The van der Waals surface area contributed by atoms with Gasteiger partial charge in [-0.25, -0.2) is 8.51 Å². The molecule has 0 aliphatic heterocycles. The molecule has 0 heterocycles. The Morgan fingerprint density at radius 1 is 1.27 bits per heavy atom. The van der Waals surface area contributed by atoms with Gasteiger partial charge in [0.2, 0.25) is 0 Å². The summed E-state index contributed by atoms with van der Waals surface area (Å²) < 4.78 is 24.1. The maximum Gasteiger partial charge on any atom is 0.319 e. The van der Waals surface area contributed by atoms with Gasteiger partial charge in [0.05, 0.1) is 25.7 Å². The van der Waals surface area contributed by atoms with E-state index in [-0.39, 0.29) is 12.5 Å². The second kappa shape index (κ2) is 8.87. The van der Waals surface area contributed by atoms with E-state index in [1.807, 2.05) is 26.0 Å². The summed E-state index contributed by atoms with van der Waals surface area (Å²) in [5.74, 6) is 0.448. The summed E-state index contributed by atoms with van der Waals surface area (Å²) in [7, 11) is 3.50. The SMILES string of the molecule is COC(=O)CNCCN(C)S(=O)c1c(C)cc(OC)cc1C. The van der Waals surface area contributed by atoms with E-state index in [0.717, 1.165) is 21.8 Å². The Morgan fingerprint density at radius 3 is 2.36 bits per heavy atom. The number of hydrogen-bond donors (Lipinski definition) is 1. The van der Waals surface area contributed by atoms with Crippen molar-refractivity contribution in [3.8, 4) is 5.75 Å². The molecule has 0 aliphatic rings. The maximum atomic E-state index is 12.6. The number of ether oxygens (including phenoxy) is 2. The van der Waals surface area contributed by atoms with Gasteiger partial charge in [-0.05, 0) is 37.1 Å². The Kier molecular flexibility index (Phi) is 7.50. The maximum absolute atomic E-state index is 12.6. The number of rotatable bonds is 8. The van der Waals surface area contributed by atoms with Crippen LogP contribution in [0.3, 0.4) is 0 Å². The minimum atomic E-state index is -1.26. The number of hydrogen-bond acceptors (Lipinski definition) is 5. The number of benzene rings is 1. The highest BCUT2D eigenvalue weighted by Crippen LogP contribution is 2.25. The number of likely N-dealkylation sites (N-methyl/N-ethyl adjacent to an activating group) is 1. The monoisotopic (exact) mass is 328 g/mol. The molecular weight excluding hydrogens is 304 g/mol. The molecule has 6 nitrogen and oxygen atoms in total. The smallest absolute Gasteiger partial charge is 0.319 e. The first-order chi connectivity index (χ1) is 10.4. The normalized spacial score (nSPS) is 12.3. The van der Waals surface area contributed by atoms with Crippen LogP contribution < -0.4 is 10.1 Å². The summed E-state index contributed by atoms with van der Waals surface area (Å²) in [6, 6.07) is 3.76. The highest BCUT2D eigenvalue weighted by molar-refractivity contribution is 7.82. The van der Waals surface area contributed by atoms with Crippen LogP contribution in [0.4, 0.5) is 0 Å². The average molecular weight is 328 g/mol. The van der Waals surface area contributed by atoms with Gasteiger partial charge in [0, 0.05) is 20.1 Å². The van der Waals surface area contributed by atoms with Crippen LogP contribution in [0.2, 0.25) is 0 Å². The van der Waals surface area contributed by atoms with Gasteiger partial charge in [-0.3, -0.25) is 4.79 Å². The molecule has 1 aromatic carbocycles. The molecule has 1 N–H and O–H groups in total. The lowest BCUT2D eigenvalue weighted by Crippen LogP contribution is -2.33. The van der Waals surface area contributed by atoms with Gasteiger partial charge in [-0.15, -0.1) is 0 Å². The highest BCUT2D eigenvalue weighted by Gasteiger charge is 2.16. The molecule has 0 aliphatic carbocycles. The van der Waals surface area contributed by atoms with Crippen molar-refractivity contribution in [1.29, 1.82) is 0 Å². The summed E-state index contributed by atoms with van der Waals surface area (Å²) in [5, 5.41) is 2.95. The Bertz CT molecular complexity index is 525. The molecular formula is C15H24N2O4S. The van der Waals surface area contributed by atoms with Crippen molar-refractivity contribution in [2.75, 3.05) is 40.9 Å². The Hall–Kier alpha value is -1.44. The largest absolute Gasteiger partial charge is 0.497 e. The fraction of sp³-hybridized carbons (Fsp3) is 0.533. The molecule has 0 amide bonds. The minimum Gasteiger partial charge on any atom is -0.497 e. The van der Waals surface area contributed by atoms with Crippen LogP contribution in [0, 0.1) is 13.8 Å². The Labute approximate surface area is 134 Å². The average Bonchev–Trinajstić information content (AvgIpc) is 2.49. The highest BCUT2D eigenvalue weighted by atomic mass is 32.2. The molecule has 124 valence electrons. The van der Waals surface area contributed by atoms with E-state index in [0.29, 0.717) is 13.1 Å². The van der Waals surface area contributed by atoms with Gasteiger partial charge in [0.1, 0.15) is 16.7 Å². The Balaban J connectivity index is 2.65. The van der Waals surface area contributed by atoms with Gasteiger partial charge in [0.15, 0.2) is 0 Å². The summed E-state index contributed by atoms with van der Waals surface area (Å²) in [6.07, 6.45) is 0. The van der Waals surface area contributed by atoms with Crippen LogP contribution in [0.15, 0.2) is 17.0 Å². The molecule has 7 heteroatoms. The molecule has 1 unspecified atom stereocenters. The van der Waals surface area contributed by atoms with E-state index in [2.05, 4.69) is 10.1 Å². The molecule has 0 spiro atoms. The topological polar surface area (TPSA) is 67.9 Å². The zero-order valence-corrected chi connectivity index (χ0v) is 14.6. The standard InChI is InChI=1S/C15H24N2O4S/c1-11-8-13(20-4)9-12(2)15(11)22(19)17(3)7-6-16-10-14(18)21-5/h8-9,16H,6-7,10H2,1-5H3. The van der Waals surface area contributed by atoms with Crippen LogP contribution in [-0.4, -0.2) is 55.4 Å². The molecule has 0 fully saturated rings. The van der Waals surface area contributed by atoms with E-state index in [9.17, 15) is 9.00 Å². The van der Waals surface area contributed by atoms with Gasteiger partial charge < -0.3 is 14.8 Å². The van der Waals surface area contributed by atoms with Crippen LogP contribution in [0.5, 0.6) is 5.75 Å². The summed E-state index contributed by atoms with van der Waals surface area (Å²) in [6.45, 7) is 5.09. The first kappa shape index (κ1) is 18.6. The van der Waals surface area contributed by atoms with Gasteiger partial charge >= 0.3 is 5.97 Å². The van der Waals surface area contributed by atoms with Gasteiger partial charge in [0.25, 0.3) is 0 Å². The number of nitrogens with one attached hydrogen (secondary N) is 1. The second-order valence-electron chi connectivity index (χ2n) is 4.94. The van der Waals surface area contributed by atoms with E-state index in [1.54, 1.807) is 18.5 Å². The summed E-state index contributed by atoms with van der Waals surface area (Å²) in [4.78, 5) is 11.8. The third kappa shape index (κ3) is 5.08. The van der Waals surface area contributed by atoms with Crippen LogP contribution in [-0.2, 0) is 20.5 Å². The Morgan fingerprint density at radius 2 is 1.86 bits per heavy atom. The molecule has 0 radical (unpaired) electrons. The van der Waals surface area contributed by atoms with E-state index < -0.39 is 11.0 Å². The number of aryl methyl sites for hydroxylation is 2.